The van der Waals surface area contributed by atoms with Crippen molar-refractivity contribution in [2.75, 3.05) is 0 Å². The first-order chi connectivity index (χ1) is 6.61. The summed E-state index contributed by atoms with van der Waals surface area (Å²) in [6.45, 7) is 1.65. The minimum absolute atomic E-state index is 0.365. The molecule has 0 atom stereocenters. The van der Waals surface area contributed by atoms with Crippen LogP contribution in [0.25, 0.3) is 6.08 Å². The third-order valence-electron chi connectivity index (χ3n) is 1.55. The molecule has 0 saturated heterocycles. The summed E-state index contributed by atoms with van der Waals surface area (Å²) in [7, 11) is 0. The summed E-state index contributed by atoms with van der Waals surface area (Å²) in [6.07, 6.45) is 3.37. The molecule has 0 saturated carbocycles. The van der Waals surface area contributed by atoms with Gasteiger partial charge in [-0.2, -0.15) is 0 Å². The highest BCUT2D eigenvalue weighted by Crippen LogP contribution is 2.25. The molecule has 14 heavy (non-hydrogen) atoms. The minimum atomic E-state index is 0.365. The van der Waals surface area contributed by atoms with E-state index in [1.54, 1.807) is 37.4 Å². The Kier molecular flexibility index (Phi) is 3.98. The van der Waals surface area contributed by atoms with Crippen LogP contribution in [0.4, 0.5) is 0 Å². The second-order valence-corrected chi connectivity index (χ2v) is 3.55. The van der Waals surface area contributed by atoms with Crippen molar-refractivity contribution in [3.8, 4) is 0 Å². The van der Waals surface area contributed by atoms with Gasteiger partial charge in [0.1, 0.15) is 0 Å². The molecule has 0 aliphatic rings. The quantitative estimate of drug-likeness (QED) is 0.590. The van der Waals surface area contributed by atoms with E-state index in [-0.39, 0.29) is 0 Å². The predicted molar refractivity (Wildman–Crippen MR) is 62.0 cm³/mol. The number of halogens is 2. The Morgan fingerprint density at radius 2 is 1.93 bits per heavy atom. The lowest BCUT2D eigenvalue weighted by Crippen LogP contribution is -2.10. The first-order valence-electron chi connectivity index (χ1n) is 4.03. The fraction of sp³-hybridized carbons (Fsp3) is 0.100. The molecule has 2 nitrogen and oxygen atoms in total. The third kappa shape index (κ3) is 3.05. The Labute approximate surface area is 93.0 Å². The number of hydrogen-bond acceptors (Lipinski definition) is 1. The molecule has 0 spiro atoms. The lowest BCUT2D eigenvalue weighted by atomic mass is 10.2. The first kappa shape index (κ1) is 11.1. The maximum absolute atomic E-state index is 7.14. The molecule has 1 rings (SSSR count). The summed E-state index contributed by atoms with van der Waals surface area (Å²) in [5.41, 5.74) is 0.754. The van der Waals surface area contributed by atoms with Crippen LogP contribution >= 0.6 is 23.2 Å². The normalized spacial score (nSPS) is 10.5. The smallest absolute Gasteiger partial charge is 0.0939 e. The lowest BCUT2D eigenvalue weighted by molar-refractivity contribution is 1.22. The van der Waals surface area contributed by atoms with E-state index in [9.17, 15) is 0 Å². The van der Waals surface area contributed by atoms with Crippen LogP contribution in [0.15, 0.2) is 24.4 Å². The van der Waals surface area contributed by atoms with Gasteiger partial charge in [0.25, 0.3) is 0 Å². The van der Waals surface area contributed by atoms with Crippen molar-refractivity contribution < 1.29 is 0 Å². The van der Waals surface area contributed by atoms with Gasteiger partial charge in [0.05, 0.1) is 5.84 Å². The molecular formula is C10H10Cl2N2. The molecule has 0 unspecified atom stereocenters. The average molecular weight is 229 g/mol. The zero-order valence-corrected chi connectivity index (χ0v) is 9.15. The Hall–Kier alpha value is -0.990. The second-order valence-electron chi connectivity index (χ2n) is 2.74. The van der Waals surface area contributed by atoms with Crippen molar-refractivity contribution in [2.24, 2.45) is 0 Å². The Morgan fingerprint density at radius 3 is 2.43 bits per heavy atom. The SMILES string of the molecule is CC(=N)N/C=C/c1c(Cl)cccc1Cl. The molecule has 0 aromatic heterocycles. The zero-order chi connectivity index (χ0) is 10.6. The van der Waals surface area contributed by atoms with Gasteiger partial charge in [-0.15, -0.1) is 0 Å². The van der Waals surface area contributed by atoms with Gasteiger partial charge in [-0.05, 0) is 25.1 Å². The molecule has 1 aromatic carbocycles. The number of benzene rings is 1. The van der Waals surface area contributed by atoms with E-state index >= 15 is 0 Å². The van der Waals surface area contributed by atoms with Crippen molar-refractivity contribution in [1.82, 2.24) is 5.32 Å². The van der Waals surface area contributed by atoms with Crippen molar-refractivity contribution in [1.29, 1.82) is 5.41 Å². The summed E-state index contributed by atoms with van der Waals surface area (Å²) >= 11 is 11.9. The van der Waals surface area contributed by atoms with Crippen LogP contribution in [0, 0.1) is 5.41 Å². The molecule has 2 N–H and O–H groups in total. The number of nitrogens with one attached hydrogen (secondary N) is 2. The summed E-state index contributed by atoms with van der Waals surface area (Å²) in [5.74, 6) is 0.365. The monoisotopic (exact) mass is 228 g/mol. The van der Waals surface area contributed by atoms with Gasteiger partial charge in [0.15, 0.2) is 0 Å². The van der Waals surface area contributed by atoms with Crippen LogP contribution in [0.3, 0.4) is 0 Å². The maximum atomic E-state index is 7.14. The standard InChI is InChI=1S/C10H10Cl2N2/c1-7(13)14-6-5-8-9(11)3-2-4-10(8)12/h2-6H,1H3,(H2,13,14)/b6-5+. The van der Waals surface area contributed by atoms with E-state index in [2.05, 4.69) is 5.32 Å². The number of hydrogen-bond donors (Lipinski definition) is 2. The molecule has 0 aliphatic carbocycles. The van der Waals surface area contributed by atoms with Crippen molar-refractivity contribution in [3.05, 3.63) is 40.0 Å². The second kappa shape index (κ2) is 5.03. The van der Waals surface area contributed by atoms with Crippen LogP contribution < -0.4 is 5.32 Å². The summed E-state index contributed by atoms with van der Waals surface area (Å²) in [6, 6.07) is 5.33. The van der Waals surface area contributed by atoms with Gasteiger partial charge in [0, 0.05) is 21.8 Å². The van der Waals surface area contributed by atoms with E-state index < -0.39 is 0 Å². The van der Waals surface area contributed by atoms with E-state index in [0.717, 1.165) is 5.56 Å². The van der Waals surface area contributed by atoms with Gasteiger partial charge in [-0.3, -0.25) is 5.41 Å². The van der Waals surface area contributed by atoms with E-state index in [0.29, 0.717) is 15.9 Å². The summed E-state index contributed by atoms with van der Waals surface area (Å²) in [5, 5.41) is 11.1. The molecule has 0 amide bonds. The number of rotatable bonds is 2. The van der Waals surface area contributed by atoms with Crippen LogP contribution in [-0.2, 0) is 0 Å². The lowest BCUT2D eigenvalue weighted by Gasteiger charge is -2.01. The fourth-order valence-electron chi connectivity index (χ4n) is 0.920. The first-order valence-corrected chi connectivity index (χ1v) is 4.79. The molecule has 0 bridgehead atoms. The predicted octanol–water partition coefficient (Wildman–Crippen LogP) is 3.55. The van der Waals surface area contributed by atoms with Crippen molar-refractivity contribution in [3.63, 3.8) is 0 Å². The van der Waals surface area contributed by atoms with Crippen LogP contribution in [0.5, 0.6) is 0 Å². The largest absolute Gasteiger partial charge is 0.351 e. The highest BCUT2D eigenvalue weighted by Gasteiger charge is 2.00. The molecule has 0 fully saturated rings. The van der Waals surface area contributed by atoms with Gasteiger partial charge >= 0.3 is 0 Å². The van der Waals surface area contributed by atoms with Crippen LogP contribution in [0.2, 0.25) is 10.0 Å². The summed E-state index contributed by atoms with van der Waals surface area (Å²) < 4.78 is 0. The van der Waals surface area contributed by atoms with Gasteiger partial charge in [0.2, 0.25) is 0 Å². The van der Waals surface area contributed by atoms with Gasteiger partial charge in [-0.25, -0.2) is 0 Å². The molecule has 1 aromatic rings. The maximum Gasteiger partial charge on any atom is 0.0939 e. The molecule has 0 radical (unpaired) electrons. The van der Waals surface area contributed by atoms with E-state index in [1.807, 2.05) is 0 Å². The molecule has 0 aliphatic heterocycles. The van der Waals surface area contributed by atoms with Crippen LogP contribution in [-0.4, -0.2) is 5.84 Å². The average Bonchev–Trinajstić information content (AvgIpc) is 2.09. The summed E-state index contributed by atoms with van der Waals surface area (Å²) in [4.78, 5) is 0. The molecule has 4 heteroatoms. The zero-order valence-electron chi connectivity index (χ0n) is 7.64. The Balaban J connectivity index is 2.85. The molecule has 0 heterocycles. The van der Waals surface area contributed by atoms with Gasteiger partial charge < -0.3 is 5.32 Å². The highest BCUT2D eigenvalue weighted by atomic mass is 35.5. The van der Waals surface area contributed by atoms with Crippen molar-refractivity contribution in [2.45, 2.75) is 6.92 Å². The highest BCUT2D eigenvalue weighted by molar-refractivity contribution is 6.37. The van der Waals surface area contributed by atoms with E-state index in [4.69, 9.17) is 28.6 Å². The van der Waals surface area contributed by atoms with Crippen LogP contribution in [0.1, 0.15) is 12.5 Å². The Bertz CT molecular complexity index is 352. The topological polar surface area (TPSA) is 35.9 Å². The van der Waals surface area contributed by atoms with E-state index in [1.165, 1.54) is 0 Å². The Morgan fingerprint density at radius 1 is 1.36 bits per heavy atom. The number of amidine groups is 1. The fourth-order valence-corrected chi connectivity index (χ4v) is 1.44. The molecular weight excluding hydrogens is 219 g/mol. The van der Waals surface area contributed by atoms with Crippen molar-refractivity contribution >= 4 is 35.1 Å². The minimum Gasteiger partial charge on any atom is -0.351 e. The molecule has 74 valence electrons. The van der Waals surface area contributed by atoms with Gasteiger partial charge in [-0.1, -0.05) is 29.3 Å². The third-order valence-corrected chi connectivity index (χ3v) is 2.21.